The number of carbonyl (C=O) groups is 1. The highest BCUT2D eigenvalue weighted by molar-refractivity contribution is 5.98. The van der Waals surface area contributed by atoms with E-state index in [4.69, 9.17) is 5.26 Å². The quantitative estimate of drug-likeness (QED) is 0.799. The molecule has 1 heterocycles. The number of pyridine rings is 1. The number of hydrogen-bond acceptors (Lipinski definition) is 3. The summed E-state index contributed by atoms with van der Waals surface area (Å²) in [6, 6.07) is 15.2. The molecule has 1 aromatic carbocycles. The number of aromatic nitrogens is 1. The van der Waals surface area contributed by atoms with Crippen LogP contribution in [0.15, 0.2) is 48.7 Å². The van der Waals surface area contributed by atoms with E-state index < -0.39 is 0 Å². The van der Waals surface area contributed by atoms with Crippen LogP contribution in [0.1, 0.15) is 53.2 Å². The highest BCUT2D eigenvalue weighted by Gasteiger charge is 2.33. The zero-order chi connectivity index (χ0) is 15.4. The van der Waals surface area contributed by atoms with Crippen molar-refractivity contribution in [3.63, 3.8) is 0 Å². The lowest BCUT2D eigenvalue weighted by Gasteiger charge is -2.30. The van der Waals surface area contributed by atoms with Gasteiger partial charge in [0.2, 0.25) is 0 Å². The average Bonchev–Trinajstić information content (AvgIpc) is 2.62. The van der Waals surface area contributed by atoms with Crippen LogP contribution >= 0.6 is 0 Å². The summed E-state index contributed by atoms with van der Waals surface area (Å²) in [5.41, 5.74) is 2.27. The lowest BCUT2D eigenvalue weighted by atomic mass is 9.73. The topological polar surface area (TPSA) is 53.8 Å². The Morgan fingerprint density at radius 2 is 1.91 bits per heavy atom. The second kappa shape index (κ2) is 6.53. The summed E-state index contributed by atoms with van der Waals surface area (Å²) < 4.78 is 0. The third-order valence-electron chi connectivity index (χ3n) is 4.45. The number of hydrogen-bond donors (Lipinski definition) is 0. The summed E-state index contributed by atoms with van der Waals surface area (Å²) in [6.45, 7) is 0. The van der Waals surface area contributed by atoms with Gasteiger partial charge in [0.05, 0.1) is 11.6 Å². The van der Waals surface area contributed by atoms with E-state index in [1.807, 2.05) is 36.4 Å². The molecule has 110 valence electrons. The normalized spacial score (nSPS) is 21.0. The van der Waals surface area contributed by atoms with Crippen LogP contribution in [0.5, 0.6) is 0 Å². The molecule has 0 N–H and O–H groups in total. The maximum absolute atomic E-state index is 12.8. The standard InChI is InChI=1S/C19H18N2O/c20-13-14-10-11-21-18(12-14)16-8-4-5-9-17(16)19(22)15-6-2-1-3-7-15/h1-3,6-7,10-12,16-17H,4-5,8-9H2/t16-,17-/m1/s1. The van der Waals surface area contributed by atoms with Crippen molar-refractivity contribution >= 4 is 5.78 Å². The molecule has 3 nitrogen and oxygen atoms in total. The molecule has 22 heavy (non-hydrogen) atoms. The van der Waals surface area contributed by atoms with Crippen molar-refractivity contribution in [3.8, 4) is 6.07 Å². The summed E-state index contributed by atoms with van der Waals surface area (Å²) in [6.07, 6.45) is 5.73. The first kappa shape index (κ1) is 14.5. The highest BCUT2D eigenvalue weighted by Crippen LogP contribution is 2.38. The third-order valence-corrected chi connectivity index (χ3v) is 4.45. The third kappa shape index (κ3) is 2.92. The van der Waals surface area contributed by atoms with Crippen molar-refractivity contribution < 1.29 is 4.79 Å². The molecule has 0 unspecified atom stereocenters. The fraction of sp³-hybridized carbons (Fsp3) is 0.316. The minimum atomic E-state index is -0.0300. The van der Waals surface area contributed by atoms with Crippen LogP contribution in [-0.2, 0) is 0 Å². The number of Topliss-reactive ketones (excluding diaryl/α,β-unsaturated/α-hetero) is 1. The Morgan fingerprint density at radius 3 is 2.68 bits per heavy atom. The van der Waals surface area contributed by atoms with E-state index in [1.165, 1.54) is 0 Å². The predicted octanol–water partition coefficient (Wildman–Crippen LogP) is 4.11. The second-order valence-electron chi connectivity index (χ2n) is 5.81. The van der Waals surface area contributed by atoms with Gasteiger partial charge in [0, 0.05) is 29.3 Å². The molecule has 2 atom stereocenters. The van der Waals surface area contributed by atoms with E-state index in [0.29, 0.717) is 5.56 Å². The van der Waals surface area contributed by atoms with E-state index in [9.17, 15) is 4.79 Å². The van der Waals surface area contributed by atoms with Crippen LogP contribution in [-0.4, -0.2) is 10.8 Å². The second-order valence-corrected chi connectivity index (χ2v) is 5.81. The maximum Gasteiger partial charge on any atom is 0.166 e. The molecular formula is C19H18N2O. The van der Waals surface area contributed by atoms with Crippen LogP contribution in [0.3, 0.4) is 0 Å². The van der Waals surface area contributed by atoms with E-state index >= 15 is 0 Å². The van der Waals surface area contributed by atoms with Crippen LogP contribution < -0.4 is 0 Å². The molecule has 3 heteroatoms. The molecule has 1 saturated carbocycles. The van der Waals surface area contributed by atoms with Crippen LogP contribution in [0.2, 0.25) is 0 Å². The summed E-state index contributed by atoms with van der Waals surface area (Å²) in [7, 11) is 0. The van der Waals surface area contributed by atoms with Gasteiger partial charge in [0.1, 0.15) is 0 Å². The molecule has 1 aliphatic rings. The molecule has 0 radical (unpaired) electrons. The lowest BCUT2D eigenvalue weighted by Crippen LogP contribution is -2.26. The first-order chi connectivity index (χ1) is 10.8. The maximum atomic E-state index is 12.8. The number of ketones is 1. The van der Waals surface area contributed by atoms with Crippen LogP contribution in [0, 0.1) is 17.2 Å². The zero-order valence-electron chi connectivity index (χ0n) is 12.4. The van der Waals surface area contributed by atoms with Gasteiger partial charge in [-0.3, -0.25) is 9.78 Å². The largest absolute Gasteiger partial charge is 0.294 e. The Hall–Kier alpha value is -2.47. The Labute approximate surface area is 130 Å². The summed E-state index contributed by atoms with van der Waals surface area (Å²) in [4.78, 5) is 17.3. The molecule has 1 fully saturated rings. The van der Waals surface area contributed by atoms with E-state index in [1.54, 1.807) is 12.3 Å². The molecule has 3 rings (SSSR count). The van der Waals surface area contributed by atoms with Gasteiger partial charge in [-0.1, -0.05) is 43.2 Å². The first-order valence-electron chi connectivity index (χ1n) is 7.75. The predicted molar refractivity (Wildman–Crippen MR) is 84.4 cm³/mol. The molecule has 1 aromatic heterocycles. The molecule has 0 saturated heterocycles. The van der Waals surface area contributed by atoms with Gasteiger partial charge in [0.15, 0.2) is 5.78 Å². The summed E-state index contributed by atoms with van der Waals surface area (Å²) in [5, 5.41) is 9.07. The molecule has 1 aliphatic carbocycles. The number of carbonyl (C=O) groups excluding carboxylic acids is 1. The highest BCUT2D eigenvalue weighted by atomic mass is 16.1. The van der Waals surface area contributed by atoms with Gasteiger partial charge < -0.3 is 0 Å². The van der Waals surface area contributed by atoms with E-state index in [-0.39, 0.29) is 17.6 Å². The Bertz CT molecular complexity index is 703. The molecule has 0 amide bonds. The fourth-order valence-corrected chi connectivity index (χ4v) is 3.34. The van der Waals surface area contributed by atoms with Gasteiger partial charge in [-0.05, 0) is 25.0 Å². The Kier molecular flexibility index (Phi) is 4.29. The van der Waals surface area contributed by atoms with E-state index in [0.717, 1.165) is 36.9 Å². The Balaban J connectivity index is 1.91. The number of benzene rings is 1. The van der Waals surface area contributed by atoms with Gasteiger partial charge in [-0.2, -0.15) is 5.26 Å². The van der Waals surface area contributed by atoms with Crippen molar-refractivity contribution in [2.45, 2.75) is 31.6 Å². The van der Waals surface area contributed by atoms with Crippen molar-refractivity contribution in [1.29, 1.82) is 5.26 Å². The van der Waals surface area contributed by atoms with Gasteiger partial charge >= 0.3 is 0 Å². The summed E-state index contributed by atoms with van der Waals surface area (Å²) >= 11 is 0. The number of nitrogens with zero attached hydrogens (tertiary/aromatic N) is 2. The van der Waals surface area contributed by atoms with E-state index in [2.05, 4.69) is 11.1 Å². The lowest BCUT2D eigenvalue weighted by molar-refractivity contribution is 0.0866. The number of rotatable bonds is 3. The molecule has 0 aliphatic heterocycles. The molecule has 0 spiro atoms. The van der Waals surface area contributed by atoms with Crippen LogP contribution in [0.4, 0.5) is 0 Å². The van der Waals surface area contributed by atoms with Gasteiger partial charge in [0.25, 0.3) is 0 Å². The van der Waals surface area contributed by atoms with Gasteiger partial charge in [-0.15, -0.1) is 0 Å². The first-order valence-corrected chi connectivity index (χ1v) is 7.75. The minimum Gasteiger partial charge on any atom is -0.294 e. The summed E-state index contributed by atoms with van der Waals surface area (Å²) in [5.74, 6) is 0.293. The number of nitriles is 1. The molecule has 0 bridgehead atoms. The van der Waals surface area contributed by atoms with Crippen molar-refractivity contribution in [2.24, 2.45) is 5.92 Å². The van der Waals surface area contributed by atoms with Crippen LogP contribution in [0.25, 0.3) is 0 Å². The Morgan fingerprint density at radius 1 is 1.14 bits per heavy atom. The van der Waals surface area contributed by atoms with Gasteiger partial charge in [-0.25, -0.2) is 0 Å². The van der Waals surface area contributed by atoms with Crippen molar-refractivity contribution in [3.05, 3.63) is 65.5 Å². The zero-order valence-corrected chi connectivity index (χ0v) is 12.4. The molecular weight excluding hydrogens is 272 g/mol. The van der Waals surface area contributed by atoms with Crippen molar-refractivity contribution in [2.75, 3.05) is 0 Å². The minimum absolute atomic E-state index is 0.0300. The average molecular weight is 290 g/mol. The SMILES string of the molecule is N#Cc1ccnc([C@@H]2CCCC[C@H]2C(=O)c2ccccc2)c1. The van der Waals surface area contributed by atoms with Crippen molar-refractivity contribution in [1.82, 2.24) is 4.98 Å². The monoisotopic (exact) mass is 290 g/mol. The molecule has 2 aromatic rings. The smallest absolute Gasteiger partial charge is 0.166 e. The fourth-order valence-electron chi connectivity index (χ4n) is 3.34.